The lowest BCUT2D eigenvalue weighted by molar-refractivity contribution is 0.102. The number of amides is 1. The Morgan fingerprint density at radius 1 is 1.25 bits per heavy atom. The molecule has 8 heteroatoms. The number of carbonyl (C=O) groups excluding carboxylic acids is 1. The van der Waals surface area contributed by atoms with Gasteiger partial charge in [-0.2, -0.15) is 0 Å². The van der Waals surface area contributed by atoms with Crippen molar-refractivity contribution in [2.75, 3.05) is 19.4 Å². The Hall–Kier alpha value is -1.77. The average Bonchev–Trinajstić information content (AvgIpc) is 2.89. The number of carbonyl (C=O) groups is 1. The molecule has 0 bridgehead atoms. The SMILES string of the molecule is Cc1nc(C(C)C)sc1C(=O)Nc1ccccc1S(=O)(=O)N(C)C. The van der Waals surface area contributed by atoms with E-state index in [9.17, 15) is 13.2 Å². The van der Waals surface area contributed by atoms with Gasteiger partial charge in [-0.3, -0.25) is 4.79 Å². The minimum absolute atomic E-state index is 0.0644. The van der Waals surface area contributed by atoms with Gasteiger partial charge >= 0.3 is 0 Å². The maximum absolute atomic E-state index is 12.6. The van der Waals surface area contributed by atoms with E-state index < -0.39 is 10.0 Å². The first-order chi connectivity index (χ1) is 11.1. The summed E-state index contributed by atoms with van der Waals surface area (Å²) in [7, 11) is -0.738. The summed E-state index contributed by atoms with van der Waals surface area (Å²) in [6, 6.07) is 6.36. The van der Waals surface area contributed by atoms with Crippen LogP contribution in [0.15, 0.2) is 29.2 Å². The zero-order chi connectivity index (χ0) is 18.1. The molecular formula is C16H21N3O3S2. The quantitative estimate of drug-likeness (QED) is 0.881. The number of sulfonamides is 1. The highest BCUT2D eigenvalue weighted by Gasteiger charge is 2.23. The molecule has 2 rings (SSSR count). The number of hydrogen-bond acceptors (Lipinski definition) is 5. The summed E-state index contributed by atoms with van der Waals surface area (Å²) < 4.78 is 25.9. The van der Waals surface area contributed by atoms with Gasteiger partial charge in [0.25, 0.3) is 5.91 Å². The van der Waals surface area contributed by atoms with Gasteiger partial charge in [0.05, 0.1) is 16.4 Å². The summed E-state index contributed by atoms with van der Waals surface area (Å²) in [6.07, 6.45) is 0. The van der Waals surface area contributed by atoms with Crippen molar-refractivity contribution in [3.05, 3.63) is 39.8 Å². The van der Waals surface area contributed by atoms with Crippen molar-refractivity contribution >= 4 is 33.0 Å². The number of thiazole rings is 1. The molecule has 0 saturated carbocycles. The van der Waals surface area contributed by atoms with Gasteiger partial charge in [-0.05, 0) is 19.1 Å². The van der Waals surface area contributed by atoms with Crippen LogP contribution in [0.25, 0.3) is 0 Å². The first-order valence-corrected chi connectivity index (χ1v) is 9.70. The molecule has 0 unspecified atom stereocenters. The second-order valence-corrected chi connectivity index (χ2v) is 9.01. The Morgan fingerprint density at radius 2 is 1.88 bits per heavy atom. The molecular weight excluding hydrogens is 346 g/mol. The fourth-order valence-corrected chi connectivity index (χ4v) is 4.05. The highest BCUT2D eigenvalue weighted by atomic mass is 32.2. The van der Waals surface area contributed by atoms with Gasteiger partial charge in [-0.1, -0.05) is 26.0 Å². The van der Waals surface area contributed by atoms with Gasteiger partial charge in [0.2, 0.25) is 10.0 Å². The van der Waals surface area contributed by atoms with Gasteiger partial charge in [-0.25, -0.2) is 17.7 Å². The van der Waals surface area contributed by atoms with Crippen molar-refractivity contribution in [2.24, 2.45) is 0 Å². The highest BCUT2D eigenvalue weighted by Crippen LogP contribution is 2.27. The van der Waals surface area contributed by atoms with E-state index >= 15 is 0 Å². The molecule has 0 fully saturated rings. The van der Waals surface area contributed by atoms with Gasteiger partial charge in [0.15, 0.2) is 0 Å². The zero-order valence-electron chi connectivity index (χ0n) is 14.3. The second kappa shape index (κ2) is 7.00. The Labute approximate surface area is 146 Å². The van der Waals surface area contributed by atoms with E-state index in [1.54, 1.807) is 25.1 Å². The summed E-state index contributed by atoms with van der Waals surface area (Å²) in [6.45, 7) is 5.80. The molecule has 0 radical (unpaired) electrons. The molecule has 24 heavy (non-hydrogen) atoms. The summed E-state index contributed by atoms with van der Waals surface area (Å²) >= 11 is 1.33. The molecule has 0 atom stereocenters. The van der Waals surface area contributed by atoms with Crippen LogP contribution in [-0.2, 0) is 10.0 Å². The molecule has 1 amide bonds. The number of aromatic nitrogens is 1. The molecule has 6 nitrogen and oxygen atoms in total. The van der Waals surface area contributed by atoms with Gasteiger partial charge < -0.3 is 5.32 Å². The van der Waals surface area contributed by atoms with Crippen molar-refractivity contribution in [3.63, 3.8) is 0 Å². The number of nitrogens with one attached hydrogen (secondary N) is 1. The Balaban J connectivity index is 2.38. The topological polar surface area (TPSA) is 79.4 Å². The van der Waals surface area contributed by atoms with Crippen LogP contribution in [0.1, 0.15) is 40.1 Å². The maximum atomic E-state index is 12.6. The van der Waals surface area contributed by atoms with Crippen LogP contribution >= 0.6 is 11.3 Å². The molecule has 130 valence electrons. The number of anilines is 1. The molecule has 1 aromatic carbocycles. The number of aryl methyl sites for hydroxylation is 1. The zero-order valence-corrected chi connectivity index (χ0v) is 16.0. The summed E-state index contributed by atoms with van der Waals surface area (Å²) in [4.78, 5) is 17.5. The van der Waals surface area contributed by atoms with Crippen molar-refractivity contribution in [1.82, 2.24) is 9.29 Å². The van der Waals surface area contributed by atoms with E-state index in [1.807, 2.05) is 13.8 Å². The van der Waals surface area contributed by atoms with E-state index in [-0.39, 0.29) is 22.4 Å². The fourth-order valence-electron chi connectivity index (χ4n) is 2.05. The highest BCUT2D eigenvalue weighted by molar-refractivity contribution is 7.89. The number of nitrogens with zero attached hydrogens (tertiary/aromatic N) is 2. The van der Waals surface area contributed by atoms with Crippen molar-refractivity contribution in [1.29, 1.82) is 0 Å². The Morgan fingerprint density at radius 3 is 2.42 bits per heavy atom. The van der Waals surface area contributed by atoms with E-state index in [0.29, 0.717) is 10.6 Å². The lowest BCUT2D eigenvalue weighted by atomic mass is 10.2. The minimum atomic E-state index is -3.65. The third-order valence-electron chi connectivity index (χ3n) is 3.41. The van der Waals surface area contributed by atoms with Crippen molar-refractivity contribution in [3.8, 4) is 0 Å². The van der Waals surface area contributed by atoms with Crippen LogP contribution in [0, 0.1) is 6.92 Å². The molecule has 1 aromatic heterocycles. The second-order valence-electron chi connectivity index (χ2n) is 5.86. The predicted molar refractivity (Wildman–Crippen MR) is 96.2 cm³/mol. The Bertz CT molecular complexity index is 855. The number of hydrogen-bond donors (Lipinski definition) is 1. The van der Waals surface area contributed by atoms with Gasteiger partial charge in [0, 0.05) is 20.0 Å². The molecule has 1 heterocycles. The normalized spacial score (nSPS) is 12.0. The van der Waals surface area contributed by atoms with Crippen LogP contribution in [0.2, 0.25) is 0 Å². The van der Waals surface area contributed by atoms with E-state index in [1.165, 1.54) is 31.5 Å². The number of para-hydroxylation sites is 1. The Kier molecular flexibility index (Phi) is 5.42. The third-order valence-corrected chi connectivity index (χ3v) is 6.74. The lowest BCUT2D eigenvalue weighted by Gasteiger charge is -2.15. The molecule has 0 spiro atoms. The van der Waals surface area contributed by atoms with Crippen LogP contribution in [0.3, 0.4) is 0 Å². The molecule has 1 N–H and O–H groups in total. The maximum Gasteiger partial charge on any atom is 0.267 e. The lowest BCUT2D eigenvalue weighted by Crippen LogP contribution is -2.24. The number of benzene rings is 1. The van der Waals surface area contributed by atoms with Crippen LogP contribution in [0.4, 0.5) is 5.69 Å². The number of rotatable bonds is 5. The fraction of sp³-hybridized carbons (Fsp3) is 0.375. The van der Waals surface area contributed by atoms with E-state index in [4.69, 9.17) is 0 Å². The molecule has 0 aliphatic rings. The van der Waals surface area contributed by atoms with Crippen molar-refractivity contribution in [2.45, 2.75) is 31.6 Å². The predicted octanol–water partition coefficient (Wildman–Crippen LogP) is 3.08. The monoisotopic (exact) mass is 367 g/mol. The van der Waals surface area contributed by atoms with Crippen LogP contribution in [-0.4, -0.2) is 37.7 Å². The summed E-state index contributed by atoms with van der Waals surface area (Å²) in [5.41, 5.74) is 0.907. The molecule has 2 aromatic rings. The molecule has 0 aliphatic heterocycles. The smallest absolute Gasteiger partial charge is 0.267 e. The third kappa shape index (κ3) is 3.66. The first-order valence-electron chi connectivity index (χ1n) is 7.44. The molecule has 0 aliphatic carbocycles. The minimum Gasteiger partial charge on any atom is -0.320 e. The average molecular weight is 367 g/mol. The largest absolute Gasteiger partial charge is 0.320 e. The van der Waals surface area contributed by atoms with Crippen LogP contribution < -0.4 is 5.32 Å². The standard InChI is InChI=1S/C16H21N3O3S2/c1-10(2)16-17-11(3)14(23-16)15(20)18-12-8-6-7-9-13(12)24(21,22)19(4)5/h6-10H,1-5H3,(H,18,20). The summed E-state index contributed by atoms with van der Waals surface area (Å²) in [5, 5.41) is 3.59. The van der Waals surface area contributed by atoms with E-state index in [0.717, 1.165) is 9.31 Å². The summed E-state index contributed by atoms with van der Waals surface area (Å²) in [5.74, 6) is -0.116. The van der Waals surface area contributed by atoms with Gasteiger partial charge in [-0.15, -0.1) is 11.3 Å². The van der Waals surface area contributed by atoms with Crippen LogP contribution in [0.5, 0.6) is 0 Å². The van der Waals surface area contributed by atoms with E-state index in [2.05, 4.69) is 10.3 Å². The molecule has 0 saturated heterocycles. The van der Waals surface area contributed by atoms with Crippen molar-refractivity contribution < 1.29 is 13.2 Å². The van der Waals surface area contributed by atoms with Gasteiger partial charge in [0.1, 0.15) is 9.77 Å². The first kappa shape index (κ1) is 18.6.